The Labute approximate surface area is 310 Å². The number of rotatable bonds is 4. The molecule has 0 amide bonds. The Kier molecular flexibility index (Phi) is 6.02. The molecule has 0 bridgehead atoms. The van der Waals surface area contributed by atoms with E-state index < -0.39 is 0 Å². The average Bonchev–Trinajstić information content (AvgIpc) is 3.88. The highest BCUT2D eigenvalue weighted by molar-refractivity contribution is 6.20. The monoisotopic (exact) mass is 686 g/mol. The van der Waals surface area contributed by atoms with Crippen molar-refractivity contribution in [1.82, 2.24) is 19.1 Å². The van der Waals surface area contributed by atoms with Gasteiger partial charge in [0.1, 0.15) is 0 Å². The van der Waals surface area contributed by atoms with Crippen LogP contribution in [0.5, 0.6) is 0 Å². The van der Waals surface area contributed by atoms with E-state index in [-0.39, 0.29) is 0 Å². The van der Waals surface area contributed by atoms with Gasteiger partial charge in [0.2, 0.25) is 0 Å². The van der Waals surface area contributed by atoms with Gasteiger partial charge in [-0.1, -0.05) is 140 Å². The molecule has 0 fully saturated rings. The summed E-state index contributed by atoms with van der Waals surface area (Å²) in [6, 6.07) is 65.3. The lowest BCUT2D eigenvalue weighted by Crippen LogP contribution is -1.98. The zero-order chi connectivity index (χ0) is 35.3. The molecule has 3 heterocycles. The molecule has 8 aromatic carbocycles. The molecule has 0 aliphatic heterocycles. The van der Waals surface area contributed by atoms with Crippen LogP contribution in [-0.4, -0.2) is 19.1 Å². The maximum atomic E-state index is 5.30. The first kappa shape index (κ1) is 29.3. The topological polar surface area (TPSA) is 35.6 Å². The normalized spacial score (nSPS) is 12.1. The minimum Gasteiger partial charge on any atom is -0.309 e. The molecule has 1 aliphatic rings. The van der Waals surface area contributed by atoms with Gasteiger partial charge in [0.05, 0.1) is 39.1 Å². The Morgan fingerprint density at radius 2 is 0.907 bits per heavy atom. The lowest BCUT2D eigenvalue weighted by atomic mass is 9.98. The fourth-order valence-corrected chi connectivity index (χ4v) is 8.98. The second kappa shape index (κ2) is 11.1. The molecule has 0 atom stereocenters. The highest BCUT2D eigenvalue weighted by Gasteiger charge is 2.30. The molecule has 4 heteroatoms. The molecule has 0 saturated carbocycles. The summed E-state index contributed by atoms with van der Waals surface area (Å²) < 4.78 is 4.85. The van der Waals surface area contributed by atoms with Crippen molar-refractivity contribution in [3.63, 3.8) is 0 Å². The van der Waals surface area contributed by atoms with Crippen LogP contribution in [0.4, 0.5) is 0 Å². The van der Waals surface area contributed by atoms with Crippen LogP contribution in [-0.2, 0) is 0 Å². The Morgan fingerprint density at radius 3 is 1.61 bits per heavy atom. The van der Waals surface area contributed by atoms with Crippen molar-refractivity contribution >= 4 is 54.4 Å². The van der Waals surface area contributed by atoms with Crippen molar-refractivity contribution in [2.45, 2.75) is 0 Å². The highest BCUT2D eigenvalue weighted by atomic mass is 15.0. The third kappa shape index (κ3) is 4.02. The van der Waals surface area contributed by atoms with Crippen LogP contribution in [0, 0.1) is 0 Å². The quantitative estimate of drug-likeness (QED) is 0.185. The number of aromatic nitrogens is 4. The molecule has 250 valence electrons. The lowest BCUT2D eigenvalue weighted by Gasteiger charge is -2.14. The number of benzene rings is 8. The minimum absolute atomic E-state index is 0.736. The Hall–Kier alpha value is -7.30. The second-order valence-electron chi connectivity index (χ2n) is 14.1. The number of nitrogens with zero attached hydrogens (tertiary/aromatic N) is 4. The van der Waals surface area contributed by atoms with Crippen LogP contribution in [0.1, 0.15) is 0 Å². The van der Waals surface area contributed by atoms with Crippen molar-refractivity contribution in [2.24, 2.45) is 0 Å². The number of hydrogen-bond acceptors (Lipinski definition) is 2. The van der Waals surface area contributed by atoms with Gasteiger partial charge in [-0.15, -0.1) is 0 Å². The summed E-state index contributed by atoms with van der Waals surface area (Å²) >= 11 is 0. The molecule has 0 saturated heterocycles. The molecule has 11 aromatic rings. The molecule has 3 aromatic heterocycles. The third-order valence-corrected chi connectivity index (χ3v) is 11.3. The first-order chi connectivity index (χ1) is 26.8. The van der Waals surface area contributed by atoms with Gasteiger partial charge < -0.3 is 9.13 Å². The van der Waals surface area contributed by atoms with Crippen LogP contribution < -0.4 is 0 Å². The van der Waals surface area contributed by atoms with Crippen molar-refractivity contribution in [2.75, 3.05) is 0 Å². The van der Waals surface area contributed by atoms with Gasteiger partial charge in [-0.3, -0.25) is 0 Å². The number of hydrogen-bond donors (Lipinski definition) is 0. The molecule has 0 unspecified atom stereocenters. The molecule has 0 spiro atoms. The SMILES string of the molecule is c1ccc(-c2nc(-c3ccccc3)c3c(n2)-c2cccc4c(-n5c6ccccc6c6cc(-n7c8ccccc8c8ccccc87)ccc65)ccc-3c24)cc1. The van der Waals surface area contributed by atoms with E-state index in [1.54, 1.807) is 0 Å². The van der Waals surface area contributed by atoms with E-state index >= 15 is 0 Å². The van der Waals surface area contributed by atoms with Crippen LogP contribution in [0.15, 0.2) is 182 Å². The largest absolute Gasteiger partial charge is 0.309 e. The molecule has 12 rings (SSSR count). The van der Waals surface area contributed by atoms with Crippen LogP contribution in [0.3, 0.4) is 0 Å². The van der Waals surface area contributed by atoms with Crippen molar-refractivity contribution in [3.8, 4) is 56.4 Å². The molecule has 0 radical (unpaired) electrons. The van der Waals surface area contributed by atoms with E-state index in [4.69, 9.17) is 9.97 Å². The third-order valence-electron chi connectivity index (χ3n) is 11.3. The van der Waals surface area contributed by atoms with E-state index in [0.29, 0.717) is 0 Å². The van der Waals surface area contributed by atoms with E-state index in [1.807, 2.05) is 18.2 Å². The summed E-state index contributed by atoms with van der Waals surface area (Å²) in [6.07, 6.45) is 0. The highest BCUT2D eigenvalue weighted by Crippen LogP contribution is 2.52. The summed E-state index contributed by atoms with van der Waals surface area (Å²) in [6.45, 7) is 0. The fraction of sp³-hybridized carbons (Fsp3) is 0. The van der Waals surface area contributed by atoms with Gasteiger partial charge in [0, 0.05) is 60.3 Å². The van der Waals surface area contributed by atoms with E-state index in [0.717, 1.165) is 50.8 Å². The van der Waals surface area contributed by atoms with E-state index in [1.165, 1.54) is 59.9 Å². The van der Waals surface area contributed by atoms with Crippen LogP contribution in [0.2, 0.25) is 0 Å². The summed E-state index contributed by atoms with van der Waals surface area (Å²) in [5.41, 5.74) is 14.5. The summed E-state index contributed by atoms with van der Waals surface area (Å²) in [7, 11) is 0. The Morgan fingerprint density at radius 1 is 0.352 bits per heavy atom. The summed E-state index contributed by atoms with van der Waals surface area (Å²) in [5.74, 6) is 0.736. The maximum absolute atomic E-state index is 5.30. The molecule has 4 nitrogen and oxygen atoms in total. The number of para-hydroxylation sites is 3. The summed E-state index contributed by atoms with van der Waals surface area (Å²) in [5, 5.41) is 7.39. The van der Waals surface area contributed by atoms with E-state index in [2.05, 4.69) is 173 Å². The Bertz CT molecular complexity index is 3260. The smallest absolute Gasteiger partial charge is 0.160 e. The molecule has 54 heavy (non-hydrogen) atoms. The van der Waals surface area contributed by atoms with Crippen LogP contribution in [0.25, 0.3) is 111 Å². The van der Waals surface area contributed by atoms with Gasteiger partial charge in [-0.05, 0) is 48.0 Å². The predicted octanol–water partition coefficient (Wildman–Crippen LogP) is 12.8. The average molecular weight is 687 g/mol. The maximum Gasteiger partial charge on any atom is 0.160 e. The zero-order valence-electron chi connectivity index (χ0n) is 29.1. The molecule has 1 aliphatic carbocycles. The Balaban J connectivity index is 1.11. The first-order valence-electron chi connectivity index (χ1n) is 18.4. The van der Waals surface area contributed by atoms with Crippen molar-refractivity contribution in [1.29, 1.82) is 0 Å². The minimum atomic E-state index is 0.736. The number of fused-ring (bicyclic) bond motifs is 9. The van der Waals surface area contributed by atoms with Gasteiger partial charge in [-0.25, -0.2) is 9.97 Å². The lowest BCUT2D eigenvalue weighted by molar-refractivity contribution is 1.17. The fourth-order valence-electron chi connectivity index (χ4n) is 8.98. The molecule has 0 N–H and O–H groups in total. The van der Waals surface area contributed by atoms with Crippen molar-refractivity contribution < 1.29 is 0 Å². The molecular formula is C50H30N4. The van der Waals surface area contributed by atoms with Crippen LogP contribution >= 0.6 is 0 Å². The molecular weight excluding hydrogens is 657 g/mol. The predicted molar refractivity (Wildman–Crippen MR) is 224 cm³/mol. The standard InChI is InChI=1S/C50H30N4/c1-3-14-31(15-4-1)48-47-38-27-29-44(37-21-13-22-39(46(37)38)49(47)52-50(51-48)32-16-5-2-6-17-32)54-43-25-12-9-20-36(43)40-30-33(26-28-45(40)54)53-41-23-10-7-18-34(41)35-19-8-11-24-42(35)53/h1-30H. The van der Waals surface area contributed by atoms with E-state index in [9.17, 15) is 0 Å². The van der Waals surface area contributed by atoms with Gasteiger partial charge in [-0.2, -0.15) is 0 Å². The zero-order valence-corrected chi connectivity index (χ0v) is 29.1. The van der Waals surface area contributed by atoms with Crippen molar-refractivity contribution in [3.05, 3.63) is 182 Å². The van der Waals surface area contributed by atoms with Gasteiger partial charge in [0.15, 0.2) is 5.82 Å². The second-order valence-corrected chi connectivity index (χ2v) is 14.1. The summed E-state index contributed by atoms with van der Waals surface area (Å²) in [4.78, 5) is 10.6. The van der Waals surface area contributed by atoms with Gasteiger partial charge in [0.25, 0.3) is 0 Å². The van der Waals surface area contributed by atoms with Gasteiger partial charge >= 0.3 is 0 Å². The first-order valence-corrected chi connectivity index (χ1v) is 18.4.